The maximum Gasteiger partial charge on any atom is 0.0923 e. The Labute approximate surface area is 51.2 Å². The van der Waals surface area contributed by atoms with E-state index in [1.54, 1.807) is 0 Å². The van der Waals surface area contributed by atoms with Crippen LogP contribution in [0.3, 0.4) is 0 Å². The Morgan fingerprint density at radius 1 is 1.57 bits per heavy atom. The Hall–Kier alpha value is -0.554. The molecule has 0 aliphatic rings. The summed E-state index contributed by atoms with van der Waals surface area (Å²) in [7, 11) is 0. The topological polar surface area (TPSA) is 81.5 Å². The first-order valence-electron chi connectivity index (χ1n) is 1.23. The maximum atomic E-state index is 9.14. The summed E-state index contributed by atoms with van der Waals surface area (Å²) in [5.74, 6) is -0.259. The van der Waals surface area contributed by atoms with Gasteiger partial charge in [0.05, 0.1) is 6.41 Å². The van der Waals surface area contributed by atoms with Crippen molar-refractivity contribution in [2.24, 2.45) is 16.5 Å². The minimum absolute atomic E-state index is 0. The Balaban J connectivity index is 0. The quantitative estimate of drug-likeness (QED) is 0.263. The van der Waals surface area contributed by atoms with Gasteiger partial charge in [0.15, 0.2) is 0 Å². The van der Waals surface area contributed by atoms with Crippen LogP contribution in [-0.4, -0.2) is 12.4 Å². The number of amides is 1. The van der Waals surface area contributed by atoms with Crippen LogP contribution >= 0.6 is 0 Å². The summed E-state index contributed by atoms with van der Waals surface area (Å²) in [6, 6.07) is 0. The summed E-state index contributed by atoms with van der Waals surface area (Å²) in [6.45, 7) is 0. The summed E-state index contributed by atoms with van der Waals surface area (Å²) in [6.07, 6.45) is 1.16. The predicted octanol–water partition coefficient (Wildman–Crippen LogP) is -1.68. The molecule has 5 heteroatoms. The first kappa shape index (κ1) is 9.67. The van der Waals surface area contributed by atoms with Gasteiger partial charge in [-0.1, -0.05) is 0 Å². The minimum atomic E-state index is -0.259. The second-order valence-corrected chi connectivity index (χ2v) is 0.628. The van der Waals surface area contributed by atoms with E-state index < -0.39 is 0 Å². The molecule has 0 saturated heterocycles. The molecule has 0 bridgehead atoms. The van der Waals surface area contributed by atoms with Gasteiger partial charge in [0.1, 0.15) is 0 Å². The zero-order chi connectivity index (χ0) is 4.99. The summed E-state index contributed by atoms with van der Waals surface area (Å²) >= 11 is 0. The molecule has 1 amide bonds. The molecule has 0 unspecified atom stereocenters. The van der Waals surface area contributed by atoms with Crippen LogP contribution in [0, 0.1) is 0 Å². The molecule has 4 nitrogen and oxygen atoms in total. The smallest absolute Gasteiger partial charge is 0.0923 e. The number of guanidine groups is 1. The Morgan fingerprint density at radius 3 is 2.00 bits per heavy atom. The van der Waals surface area contributed by atoms with Crippen molar-refractivity contribution in [3.05, 3.63) is 0 Å². The first-order valence-corrected chi connectivity index (χ1v) is 1.23. The molecule has 0 aliphatic heterocycles. The van der Waals surface area contributed by atoms with Gasteiger partial charge in [-0.3, -0.25) is 0 Å². The zero-order valence-electron chi connectivity index (χ0n) is 3.34. The molecule has 0 fully saturated rings. The van der Waals surface area contributed by atoms with E-state index in [0.717, 1.165) is 6.41 Å². The standard InChI is InChI=1S/C2H4N3O.Co/c3-2(4)5-1-6;/h(H4,3,4,5,6);/q-1;. The number of nitrogens with two attached hydrogens (primary N) is 2. The molecule has 0 aromatic rings. The fraction of sp³-hybridized carbons (Fsp3) is 0. The van der Waals surface area contributed by atoms with E-state index in [4.69, 9.17) is 4.79 Å². The summed E-state index contributed by atoms with van der Waals surface area (Å²) < 4.78 is 0. The number of aliphatic imine (C=N–C) groups is 1. The second-order valence-electron chi connectivity index (χ2n) is 0.628. The van der Waals surface area contributed by atoms with Gasteiger partial charge in [0, 0.05) is 22.7 Å². The third-order valence-corrected chi connectivity index (χ3v) is 0.175. The maximum absolute atomic E-state index is 9.14. The van der Waals surface area contributed by atoms with Crippen molar-refractivity contribution in [2.45, 2.75) is 0 Å². The van der Waals surface area contributed by atoms with E-state index in [1.807, 2.05) is 0 Å². The fourth-order valence-corrected chi connectivity index (χ4v) is 0.0527. The normalized spacial score (nSPS) is 5.71. The van der Waals surface area contributed by atoms with Crippen molar-refractivity contribution in [3.63, 3.8) is 0 Å². The number of hydrogen-bond donors (Lipinski definition) is 2. The van der Waals surface area contributed by atoms with E-state index in [-0.39, 0.29) is 22.7 Å². The molecule has 0 spiro atoms. The van der Waals surface area contributed by atoms with Gasteiger partial charge < -0.3 is 21.3 Å². The van der Waals surface area contributed by atoms with Crippen molar-refractivity contribution in [3.8, 4) is 0 Å². The molecular weight excluding hydrogens is 141 g/mol. The predicted molar refractivity (Wildman–Crippen MR) is 21.5 cm³/mol. The van der Waals surface area contributed by atoms with E-state index in [9.17, 15) is 0 Å². The molecule has 0 aromatic heterocycles. The van der Waals surface area contributed by atoms with Crippen LogP contribution in [0.4, 0.5) is 0 Å². The van der Waals surface area contributed by atoms with Crippen molar-refractivity contribution in [2.75, 3.05) is 0 Å². The molecule has 0 rings (SSSR count). The van der Waals surface area contributed by atoms with E-state index in [2.05, 4.69) is 16.5 Å². The fourth-order valence-electron chi connectivity index (χ4n) is 0.0527. The molecule has 7 heavy (non-hydrogen) atoms. The van der Waals surface area contributed by atoms with Gasteiger partial charge in [-0.05, 0) is 0 Å². The van der Waals surface area contributed by atoms with Crippen LogP contribution in [0.25, 0.3) is 0 Å². The van der Waals surface area contributed by atoms with Crippen LogP contribution in [0.5, 0.6) is 0 Å². The van der Waals surface area contributed by atoms with E-state index >= 15 is 0 Å². The minimum Gasteiger partial charge on any atom is -0.447 e. The van der Waals surface area contributed by atoms with Gasteiger partial charge in [-0.2, -0.15) is 0 Å². The van der Waals surface area contributed by atoms with Gasteiger partial charge >= 0.3 is 0 Å². The van der Waals surface area contributed by atoms with Crippen molar-refractivity contribution >= 4 is 12.4 Å². The monoisotopic (exact) mass is 145 g/mol. The molecular formula is C2H4CoN3O-. The molecule has 0 heterocycles. The average molecular weight is 145 g/mol. The SMILES string of the molecule is NC(N)=N[C-]=O.[Co]. The molecule has 0 atom stereocenters. The van der Waals surface area contributed by atoms with Crippen molar-refractivity contribution in [1.82, 2.24) is 0 Å². The van der Waals surface area contributed by atoms with E-state index in [0.29, 0.717) is 0 Å². The van der Waals surface area contributed by atoms with Gasteiger partial charge in [0.2, 0.25) is 0 Å². The summed E-state index contributed by atoms with van der Waals surface area (Å²) in [5, 5.41) is 0. The van der Waals surface area contributed by atoms with Crippen LogP contribution in [-0.2, 0) is 21.6 Å². The molecule has 43 valence electrons. The largest absolute Gasteiger partial charge is 0.447 e. The number of carbonyl (C=O) groups excluding carboxylic acids is 1. The van der Waals surface area contributed by atoms with Crippen LogP contribution in [0.2, 0.25) is 0 Å². The molecule has 0 saturated carbocycles. The van der Waals surface area contributed by atoms with Gasteiger partial charge in [-0.25, -0.2) is 0 Å². The van der Waals surface area contributed by atoms with Gasteiger partial charge in [0.25, 0.3) is 0 Å². The Bertz CT molecular complexity index is 77.0. The Morgan fingerprint density at radius 2 is 2.00 bits per heavy atom. The van der Waals surface area contributed by atoms with Crippen LogP contribution in [0.1, 0.15) is 0 Å². The second kappa shape index (κ2) is 5.45. The van der Waals surface area contributed by atoms with Crippen LogP contribution < -0.4 is 11.5 Å². The molecule has 4 N–H and O–H groups in total. The molecule has 0 aliphatic carbocycles. The zero-order valence-corrected chi connectivity index (χ0v) is 4.38. The van der Waals surface area contributed by atoms with Crippen molar-refractivity contribution in [1.29, 1.82) is 0 Å². The number of rotatable bonds is 1. The third-order valence-electron chi connectivity index (χ3n) is 0.175. The van der Waals surface area contributed by atoms with Crippen LogP contribution in [0.15, 0.2) is 4.99 Å². The van der Waals surface area contributed by atoms with Gasteiger partial charge in [-0.15, -0.1) is 0 Å². The summed E-state index contributed by atoms with van der Waals surface area (Å²) in [5.41, 5.74) is 9.34. The molecule has 1 radical (unpaired) electrons. The average Bonchev–Trinajstić information content (AvgIpc) is 1.35. The van der Waals surface area contributed by atoms with E-state index in [1.165, 1.54) is 0 Å². The Kier molecular flexibility index (Phi) is 7.53. The van der Waals surface area contributed by atoms with Crippen molar-refractivity contribution < 1.29 is 21.6 Å². The first-order chi connectivity index (χ1) is 2.77. The summed E-state index contributed by atoms with van der Waals surface area (Å²) in [4.78, 5) is 11.9. The number of hydrogen-bond acceptors (Lipinski definition) is 1. The molecule has 0 aromatic carbocycles. The third kappa shape index (κ3) is 10.8. The number of nitrogens with zero attached hydrogens (tertiary/aromatic N) is 1.